The smallest absolute Gasteiger partial charge is 0.254 e. The van der Waals surface area contributed by atoms with E-state index < -0.39 is 0 Å². The van der Waals surface area contributed by atoms with Crippen LogP contribution in [0.4, 0.5) is 0 Å². The van der Waals surface area contributed by atoms with Crippen LogP contribution in [0.2, 0.25) is 0 Å². The maximum atomic E-state index is 13.2. The van der Waals surface area contributed by atoms with Gasteiger partial charge in [-0.1, -0.05) is 68.3 Å². The molecular formula is C27H32N2O2. The summed E-state index contributed by atoms with van der Waals surface area (Å²) in [5.74, 6) is -0.209. The average molecular weight is 417 g/mol. The molecule has 2 aliphatic rings. The number of hydrogen-bond acceptors (Lipinski definition) is 2. The Balaban J connectivity index is 2.24. The van der Waals surface area contributed by atoms with Crippen LogP contribution in [0.15, 0.2) is 108 Å². The zero-order valence-electron chi connectivity index (χ0n) is 18.9. The molecule has 0 aliphatic carbocycles. The second-order valence-corrected chi connectivity index (χ2v) is 7.49. The number of amides is 2. The molecule has 0 aromatic carbocycles. The minimum absolute atomic E-state index is 0.0858. The normalized spacial score (nSPS) is 22.7. The summed E-state index contributed by atoms with van der Waals surface area (Å²) in [5, 5.41) is 0. The molecule has 0 saturated carbocycles. The topological polar surface area (TPSA) is 40.6 Å². The highest BCUT2D eigenvalue weighted by molar-refractivity contribution is 6.01. The third-order valence-electron chi connectivity index (χ3n) is 5.43. The maximum absolute atomic E-state index is 13.2. The van der Waals surface area contributed by atoms with Crippen LogP contribution in [-0.4, -0.2) is 47.8 Å². The van der Waals surface area contributed by atoms with Gasteiger partial charge in [-0.2, -0.15) is 0 Å². The number of likely N-dealkylation sites (tertiary alicyclic amines) is 2. The highest BCUT2D eigenvalue weighted by Gasteiger charge is 2.28. The summed E-state index contributed by atoms with van der Waals surface area (Å²) in [7, 11) is 0. The van der Waals surface area contributed by atoms with Gasteiger partial charge in [-0.15, -0.1) is 0 Å². The number of rotatable bonds is 6. The molecule has 2 aliphatic heterocycles. The van der Waals surface area contributed by atoms with Gasteiger partial charge in [-0.05, 0) is 49.1 Å². The number of carbonyl (C=O) groups is 2. The molecule has 0 bridgehead atoms. The zero-order chi connectivity index (χ0) is 23.0. The monoisotopic (exact) mass is 416 g/mol. The van der Waals surface area contributed by atoms with Crippen molar-refractivity contribution in [2.45, 2.75) is 20.8 Å². The lowest BCUT2D eigenvalue weighted by molar-refractivity contribution is -0.125. The van der Waals surface area contributed by atoms with Crippen LogP contribution in [0, 0.1) is 0 Å². The van der Waals surface area contributed by atoms with E-state index in [-0.39, 0.29) is 11.8 Å². The van der Waals surface area contributed by atoms with E-state index in [1.54, 1.807) is 47.1 Å². The first-order valence-electron chi connectivity index (χ1n) is 10.4. The van der Waals surface area contributed by atoms with E-state index in [9.17, 15) is 9.59 Å². The summed E-state index contributed by atoms with van der Waals surface area (Å²) in [4.78, 5) is 29.8. The van der Waals surface area contributed by atoms with Gasteiger partial charge in [0.1, 0.15) is 0 Å². The van der Waals surface area contributed by atoms with Gasteiger partial charge in [0.15, 0.2) is 0 Å². The van der Waals surface area contributed by atoms with Gasteiger partial charge in [0, 0.05) is 37.3 Å². The molecule has 4 heteroatoms. The molecule has 0 radical (unpaired) electrons. The Labute approximate surface area is 186 Å². The Morgan fingerprint density at radius 1 is 0.742 bits per heavy atom. The highest BCUT2D eigenvalue weighted by atomic mass is 16.2. The van der Waals surface area contributed by atoms with Crippen molar-refractivity contribution in [2.24, 2.45) is 0 Å². The van der Waals surface area contributed by atoms with Gasteiger partial charge in [-0.25, -0.2) is 0 Å². The standard InChI is InChI=1S/C27H32N2O2/c1-7-12-23(27(31)29-17-22(11-5)25(19-29)14-9-3)15-20(6)26(30)28-16-21(10-4)24(18-28)13-8-2/h7-15H,1-3,16-19H2,4-6H3/b20-15+,21-10-,22-11-,23-12+,24-13-,25-14-. The van der Waals surface area contributed by atoms with Gasteiger partial charge in [-0.3, -0.25) is 9.59 Å². The number of allylic oxidation sites excluding steroid dienone is 8. The molecular weight excluding hydrogens is 384 g/mol. The number of hydrogen-bond donors (Lipinski definition) is 0. The predicted octanol–water partition coefficient (Wildman–Crippen LogP) is 4.85. The van der Waals surface area contributed by atoms with E-state index in [1.807, 2.05) is 38.2 Å². The predicted molar refractivity (Wildman–Crippen MR) is 129 cm³/mol. The van der Waals surface area contributed by atoms with Crippen LogP contribution >= 0.6 is 0 Å². The fourth-order valence-electron chi connectivity index (χ4n) is 3.82. The Hall–Kier alpha value is -3.40. The van der Waals surface area contributed by atoms with Crippen LogP contribution in [-0.2, 0) is 9.59 Å². The fraction of sp³-hybridized carbons (Fsp3) is 0.259. The molecule has 2 rings (SSSR count). The molecule has 4 nitrogen and oxygen atoms in total. The molecule has 31 heavy (non-hydrogen) atoms. The van der Waals surface area contributed by atoms with E-state index in [0.717, 1.165) is 22.3 Å². The van der Waals surface area contributed by atoms with Crippen molar-refractivity contribution >= 4 is 11.8 Å². The van der Waals surface area contributed by atoms with Crippen molar-refractivity contribution in [1.29, 1.82) is 0 Å². The largest absolute Gasteiger partial charge is 0.330 e. The van der Waals surface area contributed by atoms with Crippen molar-refractivity contribution in [3.05, 3.63) is 108 Å². The van der Waals surface area contributed by atoms with Gasteiger partial charge in [0.2, 0.25) is 5.91 Å². The van der Waals surface area contributed by atoms with Crippen molar-refractivity contribution in [1.82, 2.24) is 9.80 Å². The van der Waals surface area contributed by atoms with Crippen LogP contribution in [0.25, 0.3) is 0 Å². The molecule has 0 aromatic heterocycles. The van der Waals surface area contributed by atoms with Crippen molar-refractivity contribution in [2.75, 3.05) is 26.2 Å². The molecule has 0 N–H and O–H groups in total. The summed E-state index contributed by atoms with van der Waals surface area (Å²) in [6.45, 7) is 19.1. The van der Waals surface area contributed by atoms with Crippen LogP contribution in [0.3, 0.4) is 0 Å². The molecule has 2 saturated heterocycles. The lowest BCUT2D eigenvalue weighted by Crippen LogP contribution is -2.31. The maximum Gasteiger partial charge on any atom is 0.254 e. The molecule has 0 atom stereocenters. The first kappa shape index (κ1) is 23.9. The lowest BCUT2D eigenvalue weighted by Gasteiger charge is -2.18. The Morgan fingerprint density at radius 3 is 1.61 bits per heavy atom. The van der Waals surface area contributed by atoms with Crippen molar-refractivity contribution in [3.63, 3.8) is 0 Å². The second-order valence-electron chi connectivity index (χ2n) is 7.49. The third-order valence-corrected chi connectivity index (χ3v) is 5.43. The minimum Gasteiger partial charge on any atom is -0.330 e. The highest BCUT2D eigenvalue weighted by Crippen LogP contribution is 2.26. The van der Waals surface area contributed by atoms with Gasteiger partial charge >= 0.3 is 0 Å². The molecule has 0 unspecified atom stereocenters. The molecule has 2 heterocycles. The molecule has 0 spiro atoms. The van der Waals surface area contributed by atoms with E-state index in [2.05, 4.69) is 19.7 Å². The lowest BCUT2D eigenvalue weighted by atomic mass is 10.1. The van der Waals surface area contributed by atoms with E-state index in [0.29, 0.717) is 37.3 Å². The average Bonchev–Trinajstić information content (AvgIpc) is 3.36. The van der Waals surface area contributed by atoms with Gasteiger partial charge in [0.05, 0.1) is 0 Å². The molecule has 0 aromatic rings. The molecule has 162 valence electrons. The van der Waals surface area contributed by atoms with Crippen molar-refractivity contribution < 1.29 is 9.59 Å². The fourth-order valence-corrected chi connectivity index (χ4v) is 3.82. The van der Waals surface area contributed by atoms with Crippen LogP contribution < -0.4 is 0 Å². The Bertz CT molecular complexity index is 967. The van der Waals surface area contributed by atoms with Gasteiger partial charge < -0.3 is 9.80 Å². The summed E-state index contributed by atoms with van der Waals surface area (Å²) in [5.41, 5.74) is 5.37. The molecule has 2 amide bonds. The van der Waals surface area contributed by atoms with Crippen LogP contribution in [0.5, 0.6) is 0 Å². The van der Waals surface area contributed by atoms with Gasteiger partial charge in [0.25, 0.3) is 5.91 Å². The first-order valence-corrected chi connectivity index (χ1v) is 10.4. The summed E-state index contributed by atoms with van der Waals surface area (Å²) < 4.78 is 0. The Kier molecular flexibility index (Phi) is 8.56. The number of carbonyl (C=O) groups excluding carboxylic acids is 2. The van der Waals surface area contributed by atoms with Crippen molar-refractivity contribution in [3.8, 4) is 0 Å². The summed E-state index contributed by atoms with van der Waals surface area (Å²) >= 11 is 0. The van der Waals surface area contributed by atoms with E-state index in [1.165, 1.54) is 0 Å². The molecule has 2 fully saturated rings. The number of nitrogens with zero attached hydrogens (tertiary/aromatic N) is 2. The SMILES string of the molecule is C=C/C=C(\C=C(/C)C(=O)N1CC(=C/C)/C(=C\C=C)C1)C(=O)N1CC(=C/C)/C(=C\C=C)C1. The quantitative estimate of drug-likeness (QED) is 0.459. The summed E-state index contributed by atoms with van der Waals surface area (Å²) in [6.07, 6.45) is 16.3. The summed E-state index contributed by atoms with van der Waals surface area (Å²) in [6, 6.07) is 0. The minimum atomic E-state index is -0.123. The second kappa shape index (κ2) is 11.1. The van der Waals surface area contributed by atoms with E-state index in [4.69, 9.17) is 0 Å². The Morgan fingerprint density at radius 2 is 1.19 bits per heavy atom. The first-order chi connectivity index (χ1) is 14.9. The zero-order valence-corrected chi connectivity index (χ0v) is 18.9. The van der Waals surface area contributed by atoms with Crippen LogP contribution in [0.1, 0.15) is 20.8 Å². The third kappa shape index (κ3) is 5.60. The van der Waals surface area contributed by atoms with E-state index >= 15 is 0 Å².